The van der Waals surface area contributed by atoms with Gasteiger partial charge < -0.3 is 14.2 Å². The van der Waals surface area contributed by atoms with Crippen LogP contribution in [0.4, 0.5) is 10.6 Å². The number of hydrogen-bond donors (Lipinski definition) is 1. The van der Waals surface area contributed by atoms with E-state index in [1.165, 1.54) is 0 Å². The Balaban J connectivity index is 1.15. The number of benzene rings is 2. The largest absolute Gasteiger partial charge is 0.457 e. The first-order chi connectivity index (χ1) is 16.7. The van der Waals surface area contributed by atoms with Crippen LogP contribution in [0.3, 0.4) is 0 Å². The fourth-order valence-corrected chi connectivity index (χ4v) is 3.89. The van der Waals surface area contributed by atoms with Crippen LogP contribution in [-0.4, -0.2) is 52.2 Å². The predicted octanol–water partition coefficient (Wildman–Crippen LogP) is 4.24. The molecule has 0 atom stereocenters. The topological polar surface area (TPSA) is 108 Å². The van der Waals surface area contributed by atoms with Gasteiger partial charge in [-0.05, 0) is 48.0 Å². The average Bonchev–Trinajstić information content (AvgIpc) is 3.27. The molecule has 4 aromatic rings. The van der Waals surface area contributed by atoms with Crippen LogP contribution < -0.4 is 10.1 Å². The second-order valence-corrected chi connectivity index (χ2v) is 7.97. The standard InChI is InChI=1S/C25H22N6O3/c26-16-18-4-1-6-20(14-18)33-21-7-2-5-19(15-21)17-30-10-12-31(13-11-30)25(32)28-23-22-8-3-9-27-24(22)34-29-23/h1-9,14-15H,10-13,17H2,(H,28,29,32). The molecule has 9 nitrogen and oxygen atoms in total. The van der Waals surface area contributed by atoms with E-state index in [0.717, 1.165) is 30.9 Å². The number of hydrogen-bond acceptors (Lipinski definition) is 7. The first-order valence-electron chi connectivity index (χ1n) is 10.9. The van der Waals surface area contributed by atoms with Crippen LogP contribution >= 0.6 is 0 Å². The molecule has 1 aliphatic rings. The van der Waals surface area contributed by atoms with Gasteiger partial charge in [-0.1, -0.05) is 23.4 Å². The van der Waals surface area contributed by atoms with Gasteiger partial charge in [-0.2, -0.15) is 5.26 Å². The van der Waals surface area contributed by atoms with E-state index in [1.807, 2.05) is 30.3 Å². The van der Waals surface area contributed by atoms with E-state index in [-0.39, 0.29) is 6.03 Å². The second-order valence-electron chi connectivity index (χ2n) is 7.97. The molecular formula is C25H22N6O3. The Labute approximate surface area is 196 Å². The Morgan fingerprint density at radius 3 is 2.68 bits per heavy atom. The monoisotopic (exact) mass is 454 g/mol. The number of urea groups is 1. The van der Waals surface area contributed by atoms with Crippen molar-refractivity contribution in [3.63, 3.8) is 0 Å². The highest BCUT2D eigenvalue weighted by Crippen LogP contribution is 2.24. The lowest BCUT2D eigenvalue weighted by Gasteiger charge is -2.34. The lowest BCUT2D eigenvalue weighted by Crippen LogP contribution is -2.49. The van der Waals surface area contributed by atoms with Gasteiger partial charge in [0.25, 0.3) is 5.71 Å². The smallest absolute Gasteiger partial charge is 0.323 e. The fourth-order valence-electron chi connectivity index (χ4n) is 3.89. The minimum absolute atomic E-state index is 0.200. The highest BCUT2D eigenvalue weighted by molar-refractivity contribution is 5.97. The third kappa shape index (κ3) is 4.82. The number of amides is 2. The van der Waals surface area contributed by atoms with Crippen LogP contribution in [0.25, 0.3) is 11.1 Å². The van der Waals surface area contributed by atoms with E-state index >= 15 is 0 Å². The number of pyridine rings is 1. The van der Waals surface area contributed by atoms with Gasteiger partial charge in [-0.25, -0.2) is 9.78 Å². The summed E-state index contributed by atoms with van der Waals surface area (Å²) in [5.41, 5.74) is 2.07. The highest BCUT2D eigenvalue weighted by atomic mass is 16.5. The van der Waals surface area contributed by atoms with Crippen molar-refractivity contribution in [1.82, 2.24) is 19.9 Å². The predicted molar refractivity (Wildman–Crippen MR) is 125 cm³/mol. The molecule has 0 bridgehead atoms. The summed E-state index contributed by atoms with van der Waals surface area (Å²) < 4.78 is 11.1. The van der Waals surface area contributed by atoms with Gasteiger partial charge in [0.05, 0.1) is 17.0 Å². The number of fused-ring (bicyclic) bond motifs is 1. The Bertz CT molecular complexity index is 1350. The van der Waals surface area contributed by atoms with E-state index in [4.69, 9.17) is 14.5 Å². The van der Waals surface area contributed by atoms with Gasteiger partial charge in [0.1, 0.15) is 11.5 Å². The van der Waals surface area contributed by atoms with Crippen LogP contribution in [0.2, 0.25) is 0 Å². The number of nitriles is 1. The lowest BCUT2D eigenvalue weighted by molar-refractivity contribution is 0.143. The summed E-state index contributed by atoms with van der Waals surface area (Å²) in [6.07, 6.45) is 1.62. The molecule has 2 aromatic heterocycles. The fraction of sp³-hybridized carbons (Fsp3) is 0.200. The van der Waals surface area contributed by atoms with Gasteiger partial charge in [0, 0.05) is 38.9 Å². The summed E-state index contributed by atoms with van der Waals surface area (Å²) in [5, 5.41) is 16.5. The molecule has 170 valence electrons. The zero-order chi connectivity index (χ0) is 23.3. The zero-order valence-corrected chi connectivity index (χ0v) is 18.3. The first-order valence-corrected chi connectivity index (χ1v) is 10.9. The molecule has 0 aliphatic carbocycles. The molecule has 5 rings (SSSR count). The number of ether oxygens (including phenoxy) is 1. The number of anilines is 1. The van der Waals surface area contributed by atoms with Crippen LogP contribution in [0.15, 0.2) is 71.4 Å². The maximum atomic E-state index is 12.7. The molecule has 2 amide bonds. The van der Waals surface area contributed by atoms with Gasteiger partial charge in [0.2, 0.25) is 0 Å². The molecule has 0 radical (unpaired) electrons. The van der Waals surface area contributed by atoms with Crippen molar-refractivity contribution in [2.75, 3.05) is 31.5 Å². The highest BCUT2D eigenvalue weighted by Gasteiger charge is 2.23. The summed E-state index contributed by atoms with van der Waals surface area (Å²) in [6.45, 7) is 3.48. The van der Waals surface area contributed by atoms with E-state index < -0.39 is 0 Å². The lowest BCUT2D eigenvalue weighted by atomic mass is 10.2. The van der Waals surface area contributed by atoms with E-state index in [9.17, 15) is 4.79 Å². The van der Waals surface area contributed by atoms with Gasteiger partial charge in [-0.15, -0.1) is 0 Å². The summed E-state index contributed by atoms with van der Waals surface area (Å²) in [7, 11) is 0. The minimum Gasteiger partial charge on any atom is -0.457 e. The molecule has 0 spiro atoms. The normalized spacial score (nSPS) is 14.0. The van der Waals surface area contributed by atoms with Crippen molar-refractivity contribution in [2.24, 2.45) is 0 Å². The Hall–Kier alpha value is -4.42. The van der Waals surface area contributed by atoms with Crippen LogP contribution in [0, 0.1) is 11.3 Å². The first kappa shape index (κ1) is 21.4. The quantitative estimate of drug-likeness (QED) is 0.481. The number of nitrogens with one attached hydrogen (secondary N) is 1. The van der Waals surface area contributed by atoms with E-state index in [1.54, 1.807) is 35.4 Å². The Morgan fingerprint density at radius 1 is 1.06 bits per heavy atom. The number of piperazine rings is 1. The number of rotatable bonds is 5. The summed E-state index contributed by atoms with van der Waals surface area (Å²) >= 11 is 0. The van der Waals surface area contributed by atoms with Gasteiger partial charge in [-0.3, -0.25) is 10.2 Å². The summed E-state index contributed by atoms with van der Waals surface area (Å²) in [6, 6.07) is 20.5. The minimum atomic E-state index is -0.200. The van der Waals surface area contributed by atoms with E-state index in [2.05, 4.69) is 32.5 Å². The Morgan fingerprint density at radius 2 is 1.85 bits per heavy atom. The maximum absolute atomic E-state index is 12.7. The van der Waals surface area contributed by atoms with Crippen molar-refractivity contribution < 1.29 is 14.1 Å². The number of aromatic nitrogens is 2. The molecular weight excluding hydrogens is 432 g/mol. The van der Waals surface area contributed by atoms with E-state index in [0.29, 0.717) is 41.3 Å². The average molecular weight is 454 g/mol. The molecule has 1 aliphatic heterocycles. The number of carbonyl (C=O) groups excluding carboxylic acids is 1. The summed E-state index contributed by atoms with van der Waals surface area (Å²) in [5.74, 6) is 1.74. The molecule has 34 heavy (non-hydrogen) atoms. The number of nitrogens with zero attached hydrogens (tertiary/aromatic N) is 5. The Kier molecular flexibility index (Phi) is 6.05. The zero-order valence-electron chi connectivity index (χ0n) is 18.3. The molecule has 1 N–H and O–H groups in total. The van der Waals surface area contributed by atoms with Crippen LogP contribution in [-0.2, 0) is 6.54 Å². The molecule has 0 unspecified atom stereocenters. The van der Waals surface area contributed by atoms with Crippen molar-refractivity contribution in [3.05, 3.63) is 78.0 Å². The molecule has 1 saturated heterocycles. The van der Waals surface area contributed by atoms with Gasteiger partial charge in [0.15, 0.2) is 5.82 Å². The third-order valence-electron chi connectivity index (χ3n) is 5.64. The second kappa shape index (κ2) is 9.60. The number of carbonyl (C=O) groups is 1. The maximum Gasteiger partial charge on any atom is 0.323 e. The summed E-state index contributed by atoms with van der Waals surface area (Å²) in [4.78, 5) is 20.9. The van der Waals surface area contributed by atoms with Crippen LogP contribution in [0.1, 0.15) is 11.1 Å². The van der Waals surface area contributed by atoms with Crippen LogP contribution in [0.5, 0.6) is 11.5 Å². The SMILES string of the molecule is N#Cc1cccc(Oc2cccc(CN3CCN(C(=O)Nc4noc5ncccc45)CC3)c2)c1. The van der Waals surface area contributed by atoms with Crippen molar-refractivity contribution in [3.8, 4) is 17.6 Å². The third-order valence-corrected chi connectivity index (χ3v) is 5.64. The molecule has 9 heteroatoms. The molecule has 3 heterocycles. The molecule has 1 fully saturated rings. The molecule has 0 saturated carbocycles. The van der Waals surface area contributed by atoms with Crippen molar-refractivity contribution in [1.29, 1.82) is 5.26 Å². The van der Waals surface area contributed by atoms with Crippen molar-refractivity contribution >= 4 is 22.9 Å². The van der Waals surface area contributed by atoms with Crippen molar-refractivity contribution in [2.45, 2.75) is 6.54 Å². The molecule has 2 aromatic carbocycles. The van der Waals surface area contributed by atoms with Gasteiger partial charge >= 0.3 is 6.03 Å².